The molecule has 0 unspecified atom stereocenters. The van der Waals surface area contributed by atoms with E-state index in [0.717, 1.165) is 12.2 Å². The monoisotopic (exact) mass is 363 g/mol. The van der Waals surface area contributed by atoms with E-state index in [1.54, 1.807) is 0 Å². The van der Waals surface area contributed by atoms with Gasteiger partial charge in [-0.1, -0.05) is 12.2 Å². The summed E-state index contributed by atoms with van der Waals surface area (Å²) >= 11 is 0. The minimum atomic E-state index is 0. The molecule has 0 spiro atoms. The molecule has 1 N–H and O–H groups in total. The van der Waals surface area contributed by atoms with E-state index in [1.807, 2.05) is 95.4 Å². The summed E-state index contributed by atoms with van der Waals surface area (Å²) in [5.74, 6) is 0. The Bertz CT molecular complexity index is 280. The quantitative estimate of drug-likeness (QED) is 0.590. The van der Waals surface area contributed by atoms with Gasteiger partial charge in [-0.2, -0.15) is 17.7 Å². The fourth-order valence-corrected chi connectivity index (χ4v) is 1.29. The molecule has 1 aromatic rings. The molecule has 0 amide bonds. The maximum Gasteiger partial charge on any atom is 1.00 e. The number of aliphatic hydroxyl groups is 1. The Labute approximate surface area is 170 Å². The van der Waals surface area contributed by atoms with Crippen LogP contribution in [0.1, 0.15) is 11.1 Å². The SMILES string of the molecule is Cc1ccc([CH-]O)cc1.[CH3-].[CH]1[CH][CH][CH][CH]1.[CH]1[CH][CH][CH][CH]1.[Li+].[Zr]. The Hall–Kier alpha value is 0.531. The number of aryl methyl sites for hydroxylation is 1. The standard InChI is InChI=1S/C8H9O.2C5H5.CH3.Li.Zr/c1-7-2-4-8(6-9)5-3-7;2*1-2-4-5-3-1;;;/h2-6,9H,1H3;2*1-5H;1H3;;/q-1;;;-1;+1;. The summed E-state index contributed by atoms with van der Waals surface area (Å²) in [6.45, 7) is 3.11. The minimum Gasteiger partial charge on any atom is -0.429 e. The summed E-state index contributed by atoms with van der Waals surface area (Å²) in [6, 6.07) is 7.66. The van der Waals surface area contributed by atoms with Gasteiger partial charge in [-0.25, -0.2) is 0 Å². The van der Waals surface area contributed by atoms with Crippen LogP contribution in [0.25, 0.3) is 0 Å². The summed E-state index contributed by atoms with van der Waals surface area (Å²) in [7, 11) is 0. The van der Waals surface area contributed by atoms with E-state index in [0.29, 0.717) is 0 Å². The molecule has 3 rings (SSSR count). The molecule has 0 aromatic heterocycles. The number of rotatable bonds is 1. The molecule has 10 radical (unpaired) electrons. The largest absolute Gasteiger partial charge is 1.00 e. The van der Waals surface area contributed by atoms with Crippen LogP contribution in [0.15, 0.2) is 24.3 Å². The van der Waals surface area contributed by atoms with Crippen molar-refractivity contribution in [2.24, 2.45) is 0 Å². The number of benzene rings is 1. The van der Waals surface area contributed by atoms with E-state index in [2.05, 4.69) is 0 Å². The van der Waals surface area contributed by atoms with Crippen LogP contribution in [0.3, 0.4) is 0 Å². The van der Waals surface area contributed by atoms with Gasteiger partial charge in [0, 0.05) is 26.2 Å². The Balaban J connectivity index is -0.000000243. The average Bonchev–Trinajstić information content (AvgIpc) is 3.18. The number of hydrogen-bond acceptors (Lipinski definition) is 1. The molecule has 3 heteroatoms. The van der Waals surface area contributed by atoms with Crippen LogP contribution in [0.2, 0.25) is 0 Å². The first-order valence-corrected chi connectivity index (χ1v) is 6.20. The molecule has 110 valence electrons. The van der Waals surface area contributed by atoms with Crippen LogP contribution in [-0.2, 0) is 26.2 Å². The van der Waals surface area contributed by atoms with Gasteiger partial charge in [-0.15, -0.1) is 12.1 Å². The van der Waals surface area contributed by atoms with E-state index in [9.17, 15) is 0 Å². The predicted molar refractivity (Wildman–Crippen MR) is 85.9 cm³/mol. The average molecular weight is 365 g/mol. The first kappa shape index (κ1) is 27.4. The maximum absolute atomic E-state index is 8.50. The molecule has 2 fully saturated rings. The van der Waals surface area contributed by atoms with Crippen molar-refractivity contribution in [3.63, 3.8) is 0 Å². The molecule has 0 saturated heterocycles. The normalized spacial score (nSPS) is 14.6. The van der Waals surface area contributed by atoms with Gasteiger partial charge in [-0.05, 0) is 71.1 Å². The second kappa shape index (κ2) is 19.6. The Kier molecular flexibility index (Phi) is 24.4. The molecule has 2 saturated carbocycles. The molecule has 2 aliphatic rings. The van der Waals surface area contributed by atoms with Crippen molar-refractivity contribution in [2.45, 2.75) is 6.92 Å². The zero-order valence-electron chi connectivity index (χ0n) is 13.6. The van der Waals surface area contributed by atoms with E-state index in [4.69, 9.17) is 5.11 Å². The third-order valence-electron chi connectivity index (χ3n) is 2.34. The Morgan fingerprint density at radius 3 is 1.18 bits per heavy atom. The van der Waals surface area contributed by atoms with Gasteiger partial charge in [0.05, 0.1) is 0 Å². The zero-order valence-corrected chi connectivity index (χ0v) is 16.1. The fraction of sp³-hybridized carbons (Fsp3) is 0.0526. The molecule has 1 aromatic carbocycles. The van der Waals surface area contributed by atoms with Gasteiger partial charge < -0.3 is 12.5 Å². The molecular weight excluding hydrogens is 342 g/mol. The Morgan fingerprint density at radius 2 is 0.955 bits per heavy atom. The first-order valence-electron chi connectivity index (χ1n) is 6.20. The fourth-order valence-electron chi connectivity index (χ4n) is 1.29. The van der Waals surface area contributed by atoms with Gasteiger partial charge in [0.1, 0.15) is 0 Å². The second-order valence-electron chi connectivity index (χ2n) is 3.96. The van der Waals surface area contributed by atoms with Crippen LogP contribution >= 0.6 is 0 Å². The van der Waals surface area contributed by atoms with Crippen LogP contribution < -0.4 is 18.9 Å². The second-order valence-corrected chi connectivity index (χ2v) is 3.96. The van der Waals surface area contributed by atoms with Crippen LogP contribution in [-0.4, -0.2) is 5.11 Å². The molecule has 0 atom stereocenters. The smallest absolute Gasteiger partial charge is 0.429 e. The van der Waals surface area contributed by atoms with Crippen molar-refractivity contribution in [1.29, 1.82) is 0 Å². The van der Waals surface area contributed by atoms with Gasteiger partial charge in [-0.3, -0.25) is 0 Å². The minimum absolute atomic E-state index is 0. The Morgan fingerprint density at radius 1 is 0.682 bits per heavy atom. The van der Waals surface area contributed by atoms with Crippen molar-refractivity contribution < 1.29 is 50.2 Å². The first-order chi connectivity index (χ1) is 9.33. The van der Waals surface area contributed by atoms with E-state index >= 15 is 0 Å². The van der Waals surface area contributed by atoms with Gasteiger partial charge in [0.15, 0.2) is 0 Å². The molecule has 22 heavy (non-hydrogen) atoms. The number of aliphatic hydroxyl groups excluding tert-OH is 1. The number of hydrogen-bond donors (Lipinski definition) is 1. The molecule has 0 bridgehead atoms. The van der Waals surface area contributed by atoms with Crippen molar-refractivity contribution >= 4 is 0 Å². The summed E-state index contributed by atoms with van der Waals surface area (Å²) in [6.07, 6.45) is 20.0. The summed E-state index contributed by atoms with van der Waals surface area (Å²) in [5.41, 5.74) is 2.06. The zero-order chi connectivity index (χ0) is 13.8. The van der Waals surface area contributed by atoms with Crippen molar-refractivity contribution in [1.82, 2.24) is 0 Å². The summed E-state index contributed by atoms with van der Waals surface area (Å²) < 4.78 is 0. The van der Waals surface area contributed by atoms with Crippen molar-refractivity contribution in [3.05, 3.63) is 114 Å². The third kappa shape index (κ3) is 15.4. The van der Waals surface area contributed by atoms with E-state index < -0.39 is 0 Å². The van der Waals surface area contributed by atoms with E-state index in [-0.39, 0.29) is 52.5 Å². The van der Waals surface area contributed by atoms with Gasteiger partial charge >= 0.3 is 18.9 Å². The predicted octanol–water partition coefficient (Wildman–Crippen LogP) is 1.37. The summed E-state index contributed by atoms with van der Waals surface area (Å²) in [5, 5.41) is 8.50. The third-order valence-corrected chi connectivity index (χ3v) is 2.34. The molecule has 2 aliphatic carbocycles. The van der Waals surface area contributed by atoms with Crippen LogP contribution in [0, 0.1) is 85.2 Å². The summed E-state index contributed by atoms with van der Waals surface area (Å²) in [4.78, 5) is 0. The molecule has 0 heterocycles. The van der Waals surface area contributed by atoms with Crippen LogP contribution in [0.4, 0.5) is 0 Å². The topological polar surface area (TPSA) is 20.2 Å². The van der Waals surface area contributed by atoms with Crippen LogP contribution in [0.5, 0.6) is 0 Å². The van der Waals surface area contributed by atoms with Crippen molar-refractivity contribution in [3.8, 4) is 0 Å². The van der Waals surface area contributed by atoms with Gasteiger partial charge in [0.25, 0.3) is 0 Å². The van der Waals surface area contributed by atoms with Crippen molar-refractivity contribution in [2.75, 3.05) is 0 Å². The molecular formula is C19H22LiOZr-. The molecule has 1 nitrogen and oxygen atoms in total. The maximum atomic E-state index is 8.50. The van der Waals surface area contributed by atoms with Gasteiger partial charge in [0.2, 0.25) is 0 Å². The molecule has 0 aliphatic heterocycles. The van der Waals surface area contributed by atoms with E-state index in [1.165, 1.54) is 5.56 Å².